The van der Waals surface area contributed by atoms with E-state index in [0.29, 0.717) is 12.5 Å². The van der Waals surface area contributed by atoms with Crippen LogP contribution >= 0.6 is 0 Å². The highest BCUT2D eigenvalue weighted by Gasteiger charge is 2.25. The van der Waals surface area contributed by atoms with Crippen molar-refractivity contribution in [2.45, 2.75) is 31.8 Å². The molecule has 0 aromatic carbocycles. The van der Waals surface area contributed by atoms with E-state index in [0.717, 1.165) is 44.1 Å². The van der Waals surface area contributed by atoms with Gasteiger partial charge < -0.3 is 8.98 Å². The quantitative estimate of drug-likeness (QED) is 0.705. The van der Waals surface area contributed by atoms with Gasteiger partial charge >= 0.3 is 0 Å². The van der Waals surface area contributed by atoms with Gasteiger partial charge in [0.05, 0.1) is 12.5 Å². The van der Waals surface area contributed by atoms with Crippen molar-refractivity contribution in [1.82, 2.24) is 34.4 Å². The number of rotatable bonds is 5. The van der Waals surface area contributed by atoms with Crippen molar-refractivity contribution in [2.75, 3.05) is 13.1 Å². The van der Waals surface area contributed by atoms with Gasteiger partial charge in [-0.3, -0.25) is 4.90 Å². The second-order valence-corrected chi connectivity index (χ2v) is 6.31. The van der Waals surface area contributed by atoms with Crippen LogP contribution in [0, 0.1) is 0 Å². The lowest BCUT2D eigenvalue weighted by Crippen LogP contribution is -2.33. The summed E-state index contributed by atoms with van der Waals surface area (Å²) in [6, 6.07) is 2.03. The monoisotopic (exact) mass is 327 g/mol. The van der Waals surface area contributed by atoms with Gasteiger partial charge in [0.1, 0.15) is 25.0 Å². The summed E-state index contributed by atoms with van der Waals surface area (Å²) in [5.74, 6) is 2.46. The molecule has 1 aliphatic heterocycles. The minimum atomic E-state index is 0.465. The first-order chi connectivity index (χ1) is 11.8. The minimum absolute atomic E-state index is 0.465. The minimum Gasteiger partial charge on any atom is -0.472 e. The Labute approximate surface area is 140 Å². The normalized spacial score (nSPS) is 16.7. The van der Waals surface area contributed by atoms with Crippen LogP contribution in [0.3, 0.4) is 0 Å². The summed E-state index contributed by atoms with van der Waals surface area (Å²) in [4.78, 5) is 6.43. The molecule has 0 atom stereocenters. The molecule has 4 rings (SSSR count). The molecule has 1 fully saturated rings. The lowest BCUT2D eigenvalue weighted by Gasteiger charge is -2.31. The number of hydrogen-bond acceptors (Lipinski definition) is 6. The van der Waals surface area contributed by atoms with Gasteiger partial charge in [0.15, 0.2) is 5.82 Å². The fourth-order valence-electron chi connectivity index (χ4n) is 3.32. The molecule has 0 aliphatic carbocycles. The SMILES string of the molecule is Cn1c(Cn2cncn2)nnc1C1CCN(Cc2ccoc2)CC1. The zero-order valence-electron chi connectivity index (χ0n) is 13.7. The number of likely N-dealkylation sites (tertiary alicyclic amines) is 1. The second-order valence-electron chi connectivity index (χ2n) is 6.31. The molecule has 0 bridgehead atoms. The van der Waals surface area contributed by atoms with Crippen LogP contribution in [-0.2, 0) is 20.1 Å². The lowest BCUT2D eigenvalue weighted by molar-refractivity contribution is 0.200. The molecule has 126 valence electrons. The van der Waals surface area contributed by atoms with Crippen molar-refractivity contribution in [3.05, 3.63) is 48.5 Å². The Bertz CT molecular complexity index is 755. The Hall–Kier alpha value is -2.48. The van der Waals surface area contributed by atoms with Crippen molar-refractivity contribution in [3.63, 3.8) is 0 Å². The molecule has 1 aliphatic rings. The first-order valence-corrected chi connectivity index (χ1v) is 8.23. The highest BCUT2D eigenvalue weighted by molar-refractivity contribution is 5.07. The zero-order valence-corrected chi connectivity index (χ0v) is 13.7. The van der Waals surface area contributed by atoms with Crippen molar-refractivity contribution in [1.29, 1.82) is 0 Å². The Morgan fingerprint density at radius 3 is 2.79 bits per heavy atom. The Morgan fingerprint density at radius 1 is 1.21 bits per heavy atom. The third kappa shape index (κ3) is 3.09. The smallest absolute Gasteiger partial charge is 0.154 e. The molecule has 8 heteroatoms. The molecule has 4 heterocycles. The second kappa shape index (κ2) is 6.56. The first-order valence-electron chi connectivity index (χ1n) is 8.23. The van der Waals surface area contributed by atoms with Gasteiger partial charge in [0, 0.05) is 25.1 Å². The maximum absolute atomic E-state index is 5.15. The molecule has 0 spiro atoms. The molecular formula is C16H21N7O. The molecule has 1 saturated heterocycles. The van der Waals surface area contributed by atoms with Crippen LogP contribution in [0.1, 0.15) is 36.0 Å². The van der Waals surface area contributed by atoms with E-state index < -0.39 is 0 Å². The van der Waals surface area contributed by atoms with Crippen LogP contribution in [0.5, 0.6) is 0 Å². The zero-order chi connectivity index (χ0) is 16.4. The van der Waals surface area contributed by atoms with Gasteiger partial charge in [-0.1, -0.05) is 0 Å². The molecule has 3 aromatic rings. The summed E-state index contributed by atoms with van der Waals surface area (Å²) in [6.07, 6.45) is 9.00. The maximum atomic E-state index is 5.15. The molecule has 0 amide bonds. The molecule has 24 heavy (non-hydrogen) atoms. The summed E-state index contributed by atoms with van der Waals surface area (Å²) in [7, 11) is 2.04. The number of aromatic nitrogens is 6. The fraction of sp³-hybridized carbons (Fsp3) is 0.500. The standard InChI is InChI=1S/C16H21N7O/c1-21-15(9-23-12-17-11-18-23)19-20-16(21)14-2-5-22(6-3-14)8-13-4-7-24-10-13/h4,7,10-12,14H,2-3,5-6,8-9H2,1H3. The van der Waals surface area contributed by atoms with Gasteiger partial charge in [-0.15, -0.1) is 10.2 Å². The van der Waals surface area contributed by atoms with Crippen LogP contribution in [-0.4, -0.2) is 47.5 Å². The van der Waals surface area contributed by atoms with Gasteiger partial charge in [-0.05, 0) is 32.0 Å². The van der Waals surface area contributed by atoms with E-state index in [4.69, 9.17) is 4.42 Å². The Kier molecular flexibility index (Phi) is 4.12. The van der Waals surface area contributed by atoms with E-state index in [9.17, 15) is 0 Å². The lowest BCUT2D eigenvalue weighted by atomic mass is 9.95. The third-order valence-corrected chi connectivity index (χ3v) is 4.71. The summed E-state index contributed by atoms with van der Waals surface area (Å²) in [5, 5.41) is 12.9. The number of furan rings is 1. The van der Waals surface area contributed by atoms with E-state index in [1.807, 2.05) is 19.4 Å². The van der Waals surface area contributed by atoms with E-state index in [1.54, 1.807) is 17.3 Å². The Morgan fingerprint density at radius 2 is 2.08 bits per heavy atom. The van der Waals surface area contributed by atoms with Crippen molar-refractivity contribution in [2.24, 2.45) is 7.05 Å². The predicted molar refractivity (Wildman–Crippen MR) is 86.1 cm³/mol. The van der Waals surface area contributed by atoms with Gasteiger partial charge in [0.25, 0.3) is 0 Å². The summed E-state index contributed by atoms with van der Waals surface area (Å²) < 4.78 is 9.02. The average molecular weight is 327 g/mol. The number of nitrogens with zero attached hydrogens (tertiary/aromatic N) is 7. The average Bonchev–Trinajstić information content (AvgIpc) is 3.34. The molecule has 0 unspecified atom stereocenters. The predicted octanol–water partition coefficient (Wildman–Crippen LogP) is 1.43. The largest absolute Gasteiger partial charge is 0.472 e. The maximum Gasteiger partial charge on any atom is 0.154 e. The van der Waals surface area contributed by atoms with Crippen LogP contribution in [0.4, 0.5) is 0 Å². The van der Waals surface area contributed by atoms with Crippen molar-refractivity contribution in [3.8, 4) is 0 Å². The number of piperidine rings is 1. The van der Waals surface area contributed by atoms with Crippen LogP contribution < -0.4 is 0 Å². The van der Waals surface area contributed by atoms with E-state index in [1.165, 1.54) is 11.9 Å². The molecule has 0 saturated carbocycles. The third-order valence-electron chi connectivity index (χ3n) is 4.71. The van der Waals surface area contributed by atoms with E-state index >= 15 is 0 Å². The summed E-state index contributed by atoms with van der Waals surface area (Å²) >= 11 is 0. The fourth-order valence-corrected chi connectivity index (χ4v) is 3.32. The topological polar surface area (TPSA) is 77.8 Å². The highest BCUT2D eigenvalue weighted by Crippen LogP contribution is 2.27. The van der Waals surface area contributed by atoms with Gasteiger partial charge in [-0.25, -0.2) is 9.67 Å². The Balaban J connectivity index is 1.38. The molecule has 8 nitrogen and oxygen atoms in total. The molecule has 0 radical (unpaired) electrons. The summed E-state index contributed by atoms with van der Waals surface area (Å²) in [5.41, 5.74) is 1.24. The van der Waals surface area contributed by atoms with Gasteiger partial charge in [-0.2, -0.15) is 5.10 Å². The summed E-state index contributed by atoms with van der Waals surface area (Å²) in [6.45, 7) is 3.70. The first kappa shape index (κ1) is 15.1. The van der Waals surface area contributed by atoms with Crippen molar-refractivity contribution >= 4 is 0 Å². The van der Waals surface area contributed by atoms with Crippen LogP contribution in [0.25, 0.3) is 0 Å². The van der Waals surface area contributed by atoms with Crippen molar-refractivity contribution < 1.29 is 4.42 Å². The van der Waals surface area contributed by atoms with E-state index in [2.05, 4.69) is 29.7 Å². The van der Waals surface area contributed by atoms with Crippen LogP contribution in [0.2, 0.25) is 0 Å². The van der Waals surface area contributed by atoms with E-state index in [-0.39, 0.29) is 0 Å². The molecule has 3 aromatic heterocycles. The van der Waals surface area contributed by atoms with Crippen LogP contribution in [0.15, 0.2) is 35.7 Å². The number of hydrogen-bond donors (Lipinski definition) is 0. The molecule has 0 N–H and O–H groups in total. The van der Waals surface area contributed by atoms with Gasteiger partial charge in [0.2, 0.25) is 0 Å². The molecular weight excluding hydrogens is 306 g/mol. The highest BCUT2D eigenvalue weighted by atomic mass is 16.3.